The third-order valence-electron chi connectivity index (χ3n) is 5.92. The molecule has 0 bridgehead atoms. The Labute approximate surface area is 180 Å². The molecule has 0 saturated heterocycles. The second-order valence-electron chi connectivity index (χ2n) is 7.49. The Morgan fingerprint density at radius 1 is 0.967 bits per heavy atom. The SMILES string of the molecule is CCS(=O)c1c(-c2nc3cc(S(C)=O)ncn3c2C)nn2c(C)c(C)c(C)c(C)c12. The minimum Gasteiger partial charge on any atom is -0.287 e. The van der Waals surface area contributed by atoms with Crippen molar-refractivity contribution in [3.63, 3.8) is 0 Å². The van der Waals surface area contributed by atoms with E-state index >= 15 is 0 Å². The van der Waals surface area contributed by atoms with Crippen LogP contribution in [0.25, 0.3) is 22.6 Å². The van der Waals surface area contributed by atoms with E-state index in [1.807, 2.05) is 29.7 Å². The number of aromatic nitrogens is 5. The lowest BCUT2D eigenvalue weighted by Crippen LogP contribution is -2.03. The molecule has 9 heteroatoms. The number of hydrogen-bond acceptors (Lipinski definition) is 5. The first-order chi connectivity index (χ1) is 14.2. The van der Waals surface area contributed by atoms with Crippen molar-refractivity contribution >= 4 is 32.8 Å². The summed E-state index contributed by atoms with van der Waals surface area (Å²) in [4.78, 5) is 9.78. The first-order valence-corrected chi connectivity index (χ1v) is 12.6. The summed E-state index contributed by atoms with van der Waals surface area (Å²) < 4.78 is 28.8. The average Bonchev–Trinajstić information content (AvgIpc) is 3.28. The Morgan fingerprint density at radius 2 is 1.67 bits per heavy atom. The molecular formula is C21H25N5O2S2. The van der Waals surface area contributed by atoms with Crippen LogP contribution in [0.2, 0.25) is 0 Å². The van der Waals surface area contributed by atoms with E-state index in [0.29, 0.717) is 27.8 Å². The van der Waals surface area contributed by atoms with Gasteiger partial charge in [-0.05, 0) is 51.3 Å². The second kappa shape index (κ2) is 7.39. The van der Waals surface area contributed by atoms with Gasteiger partial charge in [-0.3, -0.25) is 12.8 Å². The van der Waals surface area contributed by atoms with Gasteiger partial charge in [-0.15, -0.1) is 0 Å². The van der Waals surface area contributed by atoms with Crippen molar-refractivity contribution in [3.05, 3.63) is 40.5 Å². The zero-order valence-corrected chi connectivity index (χ0v) is 19.9. The van der Waals surface area contributed by atoms with Crippen LogP contribution in [0.5, 0.6) is 0 Å². The average molecular weight is 444 g/mol. The minimum atomic E-state index is -1.22. The van der Waals surface area contributed by atoms with Gasteiger partial charge in [0.25, 0.3) is 0 Å². The molecule has 0 N–H and O–H groups in total. The molecule has 2 unspecified atom stereocenters. The lowest BCUT2D eigenvalue weighted by Gasteiger charge is -2.12. The fourth-order valence-electron chi connectivity index (χ4n) is 3.81. The number of nitrogens with zero attached hydrogens (tertiary/aromatic N) is 5. The van der Waals surface area contributed by atoms with Crippen LogP contribution >= 0.6 is 0 Å². The van der Waals surface area contributed by atoms with Gasteiger partial charge in [0.2, 0.25) is 0 Å². The Morgan fingerprint density at radius 3 is 2.30 bits per heavy atom. The number of rotatable bonds is 4. The molecule has 0 fully saturated rings. The number of aryl methyl sites for hydroxylation is 3. The van der Waals surface area contributed by atoms with Crippen LogP contribution in [-0.2, 0) is 21.6 Å². The van der Waals surface area contributed by atoms with E-state index in [9.17, 15) is 8.42 Å². The monoisotopic (exact) mass is 443 g/mol. The molecular weight excluding hydrogens is 418 g/mol. The van der Waals surface area contributed by atoms with Crippen LogP contribution in [0.15, 0.2) is 22.3 Å². The molecule has 0 spiro atoms. The number of hydrogen-bond donors (Lipinski definition) is 0. The van der Waals surface area contributed by atoms with Gasteiger partial charge in [-0.25, -0.2) is 14.5 Å². The third-order valence-corrected chi connectivity index (χ3v) is 8.10. The smallest absolute Gasteiger partial charge is 0.141 e. The topological polar surface area (TPSA) is 81.6 Å². The Hall–Kier alpha value is -2.39. The molecule has 0 aliphatic heterocycles. The summed E-state index contributed by atoms with van der Waals surface area (Å²) in [5, 5.41) is 5.37. The van der Waals surface area contributed by atoms with Crippen molar-refractivity contribution in [1.29, 1.82) is 0 Å². The van der Waals surface area contributed by atoms with Crippen LogP contribution in [0.3, 0.4) is 0 Å². The summed E-state index contributed by atoms with van der Waals surface area (Å²) in [5.74, 6) is 0.493. The molecule has 0 amide bonds. The maximum Gasteiger partial charge on any atom is 0.141 e. The van der Waals surface area contributed by atoms with Crippen molar-refractivity contribution in [2.75, 3.05) is 12.0 Å². The fraction of sp³-hybridized carbons (Fsp3) is 0.381. The van der Waals surface area contributed by atoms with Crippen LogP contribution in [0.4, 0.5) is 0 Å². The zero-order chi connectivity index (χ0) is 21.9. The molecule has 4 aromatic heterocycles. The predicted octanol–water partition coefficient (Wildman–Crippen LogP) is 3.45. The van der Waals surface area contributed by atoms with Crippen molar-refractivity contribution in [3.8, 4) is 11.4 Å². The van der Waals surface area contributed by atoms with Gasteiger partial charge in [0.1, 0.15) is 28.4 Å². The normalized spacial score (nSPS) is 14.0. The van der Waals surface area contributed by atoms with Crippen molar-refractivity contribution in [1.82, 2.24) is 24.0 Å². The number of imidazole rings is 1. The highest BCUT2D eigenvalue weighted by Gasteiger charge is 2.26. The van der Waals surface area contributed by atoms with E-state index in [-0.39, 0.29) is 0 Å². The van der Waals surface area contributed by atoms with Gasteiger partial charge in [0, 0.05) is 23.8 Å². The van der Waals surface area contributed by atoms with Gasteiger partial charge in [0.15, 0.2) is 0 Å². The maximum absolute atomic E-state index is 13.2. The molecule has 4 rings (SSSR count). The molecule has 4 heterocycles. The molecule has 30 heavy (non-hydrogen) atoms. The summed E-state index contributed by atoms with van der Waals surface area (Å²) in [6.45, 7) is 12.1. The number of fused-ring (bicyclic) bond motifs is 2. The molecule has 158 valence electrons. The van der Waals surface area contributed by atoms with E-state index in [1.165, 1.54) is 11.1 Å². The lowest BCUT2D eigenvalue weighted by molar-refractivity contribution is 0.683. The summed E-state index contributed by atoms with van der Waals surface area (Å²) in [6, 6.07) is 1.73. The Kier molecular flexibility index (Phi) is 5.14. The van der Waals surface area contributed by atoms with Crippen LogP contribution in [0.1, 0.15) is 35.0 Å². The molecule has 0 radical (unpaired) electrons. The third kappa shape index (κ3) is 2.94. The van der Waals surface area contributed by atoms with E-state index < -0.39 is 21.6 Å². The molecule has 0 aliphatic rings. The van der Waals surface area contributed by atoms with Crippen LogP contribution < -0.4 is 0 Å². The van der Waals surface area contributed by atoms with Gasteiger partial charge < -0.3 is 0 Å². The van der Waals surface area contributed by atoms with E-state index in [0.717, 1.165) is 27.4 Å². The largest absolute Gasteiger partial charge is 0.287 e. The summed E-state index contributed by atoms with van der Waals surface area (Å²) in [7, 11) is -2.41. The van der Waals surface area contributed by atoms with Gasteiger partial charge in [0.05, 0.1) is 37.7 Å². The molecule has 7 nitrogen and oxygen atoms in total. The summed E-state index contributed by atoms with van der Waals surface area (Å²) in [6.07, 6.45) is 3.23. The van der Waals surface area contributed by atoms with Gasteiger partial charge >= 0.3 is 0 Å². The molecule has 2 atom stereocenters. The van der Waals surface area contributed by atoms with Gasteiger partial charge in [-0.1, -0.05) is 6.92 Å². The molecule has 4 aromatic rings. The first-order valence-electron chi connectivity index (χ1n) is 9.73. The summed E-state index contributed by atoms with van der Waals surface area (Å²) in [5.41, 5.74) is 8.18. The standard InChI is InChI=1S/C21H25N5O2S2/c1-8-30(28)21-19(24-26-14(5)12(3)11(2)13(4)20(21)26)18-15(6)25-10-22-17(29(7)27)9-16(25)23-18/h9-10H,8H2,1-7H3. The quantitative estimate of drug-likeness (QED) is 0.451. The highest BCUT2D eigenvalue weighted by molar-refractivity contribution is 7.85. The molecule has 0 aromatic carbocycles. The van der Waals surface area contributed by atoms with Crippen molar-refractivity contribution < 1.29 is 8.42 Å². The maximum atomic E-state index is 13.2. The van der Waals surface area contributed by atoms with Crippen molar-refractivity contribution in [2.24, 2.45) is 0 Å². The Bertz CT molecular complexity index is 1380. The highest BCUT2D eigenvalue weighted by atomic mass is 32.2. The second-order valence-corrected chi connectivity index (χ2v) is 10.5. The van der Waals surface area contributed by atoms with E-state index in [4.69, 9.17) is 10.1 Å². The highest BCUT2D eigenvalue weighted by Crippen LogP contribution is 2.35. The molecule has 0 aliphatic carbocycles. The fourth-order valence-corrected chi connectivity index (χ4v) is 5.37. The predicted molar refractivity (Wildman–Crippen MR) is 120 cm³/mol. The number of pyridine rings is 1. The van der Waals surface area contributed by atoms with Crippen LogP contribution in [0, 0.1) is 34.6 Å². The Balaban J connectivity index is 2.12. The first kappa shape index (κ1) is 20.9. The lowest BCUT2D eigenvalue weighted by atomic mass is 10.0. The van der Waals surface area contributed by atoms with E-state index in [2.05, 4.69) is 25.8 Å². The molecule has 0 saturated carbocycles. The van der Waals surface area contributed by atoms with E-state index in [1.54, 1.807) is 18.6 Å². The minimum absolute atomic E-state index is 0.476. The van der Waals surface area contributed by atoms with Gasteiger partial charge in [-0.2, -0.15) is 5.10 Å². The summed E-state index contributed by atoms with van der Waals surface area (Å²) >= 11 is 0. The zero-order valence-electron chi connectivity index (χ0n) is 18.2. The van der Waals surface area contributed by atoms with Crippen LogP contribution in [-0.4, -0.2) is 44.4 Å². The van der Waals surface area contributed by atoms with Crippen molar-refractivity contribution in [2.45, 2.75) is 51.5 Å².